The topological polar surface area (TPSA) is 54.3 Å². The van der Waals surface area contributed by atoms with Gasteiger partial charge in [-0.25, -0.2) is 15.0 Å². The van der Waals surface area contributed by atoms with E-state index in [-0.39, 0.29) is 0 Å². The highest BCUT2D eigenvalue weighted by Gasteiger charge is 2.27. The molecule has 1 unspecified atom stereocenters. The van der Waals surface area contributed by atoms with Crippen LogP contribution in [0.5, 0.6) is 0 Å². The van der Waals surface area contributed by atoms with Crippen LogP contribution in [0.25, 0.3) is 0 Å². The van der Waals surface area contributed by atoms with Gasteiger partial charge in [0.25, 0.3) is 0 Å². The van der Waals surface area contributed by atoms with Crippen molar-refractivity contribution >= 4 is 17.5 Å². The first-order valence-corrected chi connectivity index (χ1v) is 9.78. The van der Waals surface area contributed by atoms with Crippen LogP contribution >= 0.6 is 11.8 Å². The van der Waals surface area contributed by atoms with Crippen LogP contribution in [-0.4, -0.2) is 44.9 Å². The summed E-state index contributed by atoms with van der Waals surface area (Å²) in [5.41, 5.74) is 4.22. The fourth-order valence-electron chi connectivity index (χ4n) is 3.34. The van der Waals surface area contributed by atoms with Crippen LogP contribution in [0.2, 0.25) is 0 Å². The quantitative estimate of drug-likeness (QED) is 0.626. The Morgan fingerprint density at radius 3 is 3.00 bits per heavy atom. The summed E-state index contributed by atoms with van der Waals surface area (Å²) in [7, 11) is 0. The third-order valence-electron chi connectivity index (χ3n) is 4.60. The molecule has 0 amide bonds. The van der Waals surface area contributed by atoms with Crippen molar-refractivity contribution < 1.29 is 0 Å². The van der Waals surface area contributed by atoms with Crippen molar-refractivity contribution in [1.82, 2.24) is 19.9 Å². The van der Waals surface area contributed by atoms with E-state index >= 15 is 0 Å². The SMILES string of the molecule is CSc1nccc(C2=NC3=CC(Cc4cccc(C)n4)CCN3C2)n1. The van der Waals surface area contributed by atoms with E-state index < -0.39 is 0 Å². The number of rotatable bonds is 4. The van der Waals surface area contributed by atoms with Gasteiger partial charge in [-0.3, -0.25) is 4.98 Å². The Hall–Kier alpha value is -2.21. The van der Waals surface area contributed by atoms with E-state index in [4.69, 9.17) is 4.99 Å². The van der Waals surface area contributed by atoms with Gasteiger partial charge < -0.3 is 4.90 Å². The van der Waals surface area contributed by atoms with E-state index in [1.165, 1.54) is 0 Å². The molecule has 128 valence electrons. The molecule has 5 nitrogen and oxygen atoms in total. The maximum Gasteiger partial charge on any atom is 0.187 e. The van der Waals surface area contributed by atoms with Crippen LogP contribution in [0.4, 0.5) is 0 Å². The molecule has 1 atom stereocenters. The van der Waals surface area contributed by atoms with Crippen molar-refractivity contribution in [3.05, 3.63) is 59.4 Å². The van der Waals surface area contributed by atoms with Gasteiger partial charge in [-0.15, -0.1) is 0 Å². The van der Waals surface area contributed by atoms with Crippen LogP contribution in [0, 0.1) is 12.8 Å². The molecule has 4 heterocycles. The van der Waals surface area contributed by atoms with E-state index in [2.05, 4.69) is 38.1 Å². The van der Waals surface area contributed by atoms with Crippen molar-refractivity contribution in [3.63, 3.8) is 0 Å². The molecular formula is C19H21N5S. The summed E-state index contributed by atoms with van der Waals surface area (Å²) < 4.78 is 0. The number of thioether (sulfide) groups is 1. The molecule has 2 aromatic heterocycles. The maximum absolute atomic E-state index is 4.85. The molecule has 0 N–H and O–H groups in total. The van der Waals surface area contributed by atoms with Gasteiger partial charge in [0.2, 0.25) is 0 Å². The summed E-state index contributed by atoms with van der Waals surface area (Å²) in [6.07, 6.45) is 8.23. The normalized spacial score (nSPS) is 19.4. The molecule has 2 aliphatic rings. The molecule has 0 spiro atoms. The largest absolute Gasteiger partial charge is 0.351 e. The van der Waals surface area contributed by atoms with Gasteiger partial charge in [-0.1, -0.05) is 17.8 Å². The average molecular weight is 351 g/mol. The predicted octanol–water partition coefficient (Wildman–Crippen LogP) is 3.11. The monoisotopic (exact) mass is 351 g/mol. The van der Waals surface area contributed by atoms with Crippen LogP contribution < -0.4 is 0 Å². The molecule has 0 saturated heterocycles. The highest BCUT2D eigenvalue weighted by atomic mass is 32.2. The molecule has 0 bridgehead atoms. The Kier molecular flexibility index (Phi) is 4.53. The van der Waals surface area contributed by atoms with Crippen molar-refractivity contribution in [2.45, 2.75) is 24.9 Å². The summed E-state index contributed by atoms with van der Waals surface area (Å²) in [5, 5.41) is 0.794. The van der Waals surface area contributed by atoms with Crippen LogP contribution in [0.1, 0.15) is 23.5 Å². The van der Waals surface area contributed by atoms with Crippen molar-refractivity contribution in [3.8, 4) is 0 Å². The second-order valence-electron chi connectivity index (χ2n) is 6.46. The first-order valence-electron chi connectivity index (χ1n) is 8.55. The molecule has 4 rings (SSSR count). The zero-order valence-electron chi connectivity index (χ0n) is 14.5. The Bertz CT molecular complexity index is 845. The Balaban J connectivity index is 1.53. The summed E-state index contributed by atoms with van der Waals surface area (Å²) in [6.45, 7) is 3.92. The number of pyridine rings is 1. The fraction of sp³-hybridized carbons (Fsp3) is 0.368. The third-order valence-corrected chi connectivity index (χ3v) is 5.16. The number of aromatic nitrogens is 3. The van der Waals surface area contributed by atoms with Crippen LogP contribution in [0.15, 0.2) is 52.5 Å². The number of aliphatic imine (C=N–C) groups is 1. The first-order chi connectivity index (χ1) is 12.2. The Morgan fingerprint density at radius 1 is 1.24 bits per heavy atom. The molecule has 0 fully saturated rings. The zero-order chi connectivity index (χ0) is 17.2. The summed E-state index contributed by atoms with van der Waals surface area (Å²) >= 11 is 1.56. The summed E-state index contributed by atoms with van der Waals surface area (Å²) in [5.74, 6) is 1.58. The predicted molar refractivity (Wildman–Crippen MR) is 101 cm³/mol. The summed E-state index contributed by atoms with van der Waals surface area (Å²) in [4.78, 5) is 20.7. The van der Waals surface area contributed by atoms with Gasteiger partial charge in [0.1, 0.15) is 5.82 Å². The number of aryl methyl sites for hydroxylation is 1. The Labute approximate surface area is 152 Å². The lowest BCUT2D eigenvalue weighted by atomic mass is 9.95. The third kappa shape index (κ3) is 3.58. The fourth-order valence-corrected chi connectivity index (χ4v) is 3.70. The van der Waals surface area contributed by atoms with E-state index in [0.29, 0.717) is 5.92 Å². The summed E-state index contributed by atoms with van der Waals surface area (Å²) in [6, 6.07) is 8.20. The van der Waals surface area contributed by atoms with Crippen molar-refractivity contribution in [1.29, 1.82) is 0 Å². The number of fused-ring (bicyclic) bond motifs is 1. The minimum Gasteiger partial charge on any atom is -0.351 e. The van der Waals surface area contributed by atoms with E-state index in [9.17, 15) is 0 Å². The molecule has 2 aliphatic heterocycles. The Morgan fingerprint density at radius 2 is 2.16 bits per heavy atom. The molecule has 25 heavy (non-hydrogen) atoms. The zero-order valence-corrected chi connectivity index (χ0v) is 15.3. The average Bonchev–Trinajstić information content (AvgIpc) is 3.05. The minimum atomic E-state index is 0.496. The van der Waals surface area contributed by atoms with Gasteiger partial charge in [-0.2, -0.15) is 0 Å². The first kappa shape index (κ1) is 16.3. The molecule has 0 aliphatic carbocycles. The smallest absolute Gasteiger partial charge is 0.187 e. The number of hydrogen-bond acceptors (Lipinski definition) is 6. The highest BCUT2D eigenvalue weighted by molar-refractivity contribution is 7.98. The van der Waals surface area contributed by atoms with Gasteiger partial charge in [0.05, 0.1) is 18.0 Å². The molecule has 0 aromatic carbocycles. The maximum atomic E-state index is 4.85. The minimum absolute atomic E-state index is 0.496. The van der Waals surface area contributed by atoms with Crippen LogP contribution in [0.3, 0.4) is 0 Å². The highest BCUT2D eigenvalue weighted by Crippen LogP contribution is 2.28. The number of allylic oxidation sites excluding steroid dienone is 1. The van der Waals surface area contributed by atoms with Gasteiger partial charge in [0.15, 0.2) is 5.16 Å². The van der Waals surface area contributed by atoms with Gasteiger partial charge in [-0.05, 0) is 56.2 Å². The van der Waals surface area contributed by atoms with Crippen molar-refractivity contribution in [2.24, 2.45) is 10.9 Å². The van der Waals surface area contributed by atoms with Gasteiger partial charge in [0, 0.05) is 24.1 Å². The second kappa shape index (κ2) is 6.96. The van der Waals surface area contributed by atoms with E-state index in [0.717, 1.165) is 59.7 Å². The van der Waals surface area contributed by atoms with Gasteiger partial charge >= 0.3 is 0 Å². The van der Waals surface area contributed by atoms with E-state index in [1.807, 2.05) is 31.5 Å². The van der Waals surface area contributed by atoms with Crippen LogP contribution in [-0.2, 0) is 6.42 Å². The molecule has 2 aromatic rings. The standard InChI is InChI=1S/C19H21N5S/c1-13-4-3-5-15(21-13)10-14-7-9-24-12-17(22-18(24)11-14)16-6-8-20-19(23-16)25-2/h3-6,8,11,14H,7,9-10,12H2,1-2H3. The van der Waals surface area contributed by atoms with E-state index in [1.54, 1.807) is 11.8 Å². The number of hydrogen-bond donors (Lipinski definition) is 0. The lowest BCUT2D eigenvalue weighted by molar-refractivity contribution is 0.336. The number of nitrogens with zero attached hydrogens (tertiary/aromatic N) is 5. The second-order valence-corrected chi connectivity index (χ2v) is 7.23. The lowest BCUT2D eigenvalue weighted by Crippen LogP contribution is -2.29. The molecular weight excluding hydrogens is 330 g/mol. The molecule has 0 radical (unpaired) electrons. The van der Waals surface area contributed by atoms with Crippen molar-refractivity contribution in [2.75, 3.05) is 19.3 Å². The molecule has 6 heteroatoms. The molecule has 0 saturated carbocycles. The lowest BCUT2D eigenvalue weighted by Gasteiger charge is -2.27.